The van der Waals surface area contributed by atoms with Crippen LogP contribution in [0.3, 0.4) is 0 Å². The number of nitrogens with two attached hydrogens (primary N) is 1. The maximum Gasteiger partial charge on any atom is 0.207 e. The van der Waals surface area contributed by atoms with Crippen molar-refractivity contribution >= 4 is 11.9 Å². The lowest BCUT2D eigenvalue weighted by molar-refractivity contribution is 0.602. The lowest BCUT2D eigenvalue weighted by Crippen LogP contribution is -2.48. The molecule has 1 atom stereocenters. The number of hydrogen-bond acceptors (Lipinski definition) is 5. The number of rotatable bonds is 1. The molecule has 0 saturated heterocycles. The summed E-state index contributed by atoms with van der Waals surface area (Å²) in [7, 11) is 1.97. The van der Waals surface area contributed by atoms with Gasteiger partial charge < -0.3 is 10.6 Å². The van der Waals surface area contributed by atoms with Gasteiger partial charge in [-0.1, -0.05) is 11.6 Å². The largest absolute Gasteiger partial charge is 0.370 e. The molecular weight excluding hydrogens is 202 g/mol. The molecule has 3 N–H and O–H groups in total. The topological polar surface area (TPSA) is 66.0 Å². The first-order chi connectivity index (χ1) is 7.56. The van der Waals surface area contributed by atoms with E-state index in [1.807, 2.05) is 18.9 Å². The van der Waals surface area contributed by atoms with E-state index in [-0.39, 0.29) is 6.17 Å². The van der Waals surface area contributed by atoms with Gasteiger partial charge in [-0.2, -0.15) is 0 Å². The SMILES string of the molecule is CC1=CC(N(C)C2=NC(C)N=C(N)N2)=CC1. The molecule has 0 aromatic carbocycles. The molecule has 5 nitrogen and oxygen atoms in total. The Bertz CT molecular complexity index is 416. The Labute approximate surface area is 95.4 Å². The van der Waals surface area contributed by atoms with Gasteiger partial charge in [0, 0.05) is 12.7 Å². The molecule has 2 aliphatic rings. The van der Waals surface area contributed by atoms with Crippen LogP contribution in [0.5, 0.6) is 0 Å². The van der Waals surface area contributed by atoms with Gasteiger partial charge in [-0.15, -0.1) is 0 Å². The number of hydrogen-bond donors (Lipinski definition) is 2. The second-order valence-corrected chi connectivity index (χ2v) is 4.11. The molecule has 0 radical (unpaired) electrons. The highest BCUT2D eigenvalue weighted by molar-refractivity contribution is 6.00. The van der Waals surface area contributed by atoms with E-state index >= 15 is 0 Å². The number of allylic oxidation sites excluding steroid dienone is 3. The van der Waals surface area contributed by atoms with Gasteiger partial charge >= 0.3 is 0 Å². The fraction of sp³-hybridized carbons (Fsp3) is 0.455. The third kappa shape index (κ3) is 2.08. The molecular formula is C11H17N5. The first-order valence-corrected chi connectivity index (χ1v) is 5.35. The molecule has 0 spiro atoms. The van der Waals surface area contributed by atoms with E-state index in [0.29, 0.717) is 5.96 Å². The maximum absolute atomic E-state index is 5.68. The fourth-order valence-electron chi connectivity index (χ4n) is 1.75. The Hall–Kier alpha value is -1.78. The van der Waals surface area contributed by atoms with Gasteiger partial charge in [0.05, 0.1) is 0 Å². The Morgan fingerprint density at radius 3 is 2.81 bits per heavy atom. The zero-order chi connectivity index (χ0) is 11.7. The summed E-state index contributed by atoms with van der Waals surface area (Å²) in [6.07, 6.45) is 5.21. The van der Waals surface area contributed by atoms with Crippen molar-refractivity contribution in [2.75, 3.05) is 7.05 Å². The minimum atomic E-state index is -0.120. The maximum atomic E-state index is 5.68. The predicted molar refractivity (Wildman–Crippen MR) is 65.9 cm³/mol. The molecule has 86 valence electrons. The molecule has 1 unspecified atom stereocenters. The van der Waals surface area contributed by atoms with E-state index in [0.717, 1.165) is 18.1 Å². The van der Waals surface area contributed by atoms with Crippen molar-refractivity contribution in [1.82, 2.24) is 10.2 Å². The third-order valence-electron chi connectivity index (χ3n) is 2.61. The minimum absolute atomic E-state index is 0.120. The van der Waals surface area contributed by atoms with Gasteiger partial charge in [0.15, 0.2) is 5.96 Å². The van der Waals surface area contributed by atoms with Gasteiger partial charge in [0.1, 0.15) is 6.17 Å². The number of guanidine groups is 2. The molecule has 0 aromatic rings. The van der Waals surface area contributed by atoms with Crippen molar-refractivity contribution in [1.29, 1.82) is 0 Å². The average Bonchev–Trinajstić information content (AvgIpc) is 2.62. The summed E-state index contributed by atoms with van der Waals surface area (Å²) in [5.74, 6) is 1.17. The van der Waals surface area contributed by atoms with Crippen LogP contribution in [-0.2, 0) is 0 Å². The summed E-state index contributed by atoms with van der Waals surface area (Å²) < 4.78 is 0. The molecule has 1 aliphatic carbocycles. The Morgan fingerprint density at radius 2 is 2.25 bits per heavy atom. The van der Waals surface area contributed by atoms with Crippen LogP contribution in [0.2, 0.25) is 0 Å². The van der Waals surface area contributed by atoms with E-state index < -0.39 is 0 Å². The minimum Gasteiger partial charge on any atom is -0.370 e. The van der Waals surface area contributed by atoms with E-state index in [1.165, 1.54) is 5.57 Å². The molecule has 0 bridgehead atoms. The van der Waals surface area contributed by atoms with Crippen molar-refractivity contribution < 1.29 is 0 Å². The van der Waals surface area contributed by atoms with Crippen LogP contribution in [-0.4, -0.2) is 30.0 Å². The molecule has 2 rings (SSSR count). The Balaban J connectivity index is 2.14. The summed E-state index contributed by atoms with van der Waals surface area (Å²) in [5.41, 5.74) is 8.17. The number of aliphatic imine (C=N–C) groups is 2. The van der Waals surface area contributed by atoms with E-state index in [9.17, 15) is 0 Å². The van der Waals surface area contributed by atoms with Crippen LogP contribution < -0.4 is 11.1 Å². The molecule has 1 aliphatic heterocycles. The lowest BCUT2D eigenvalue weighted by Gasteiger charge is -2.25. The van der Waals surface area contributed by atoms with Crippen molar-refractivity contribution in [2.24, 2.45) is 15.7 Å². The Morgan fingerprint density at radius 1 is 1.50 bits per heavy atom. The lowest BCUT2D eigenvalue weighted by atomic mass is 10.3. The van der Waals surface area contributed by atoms with E-state index in [4.69, 9.17) is 5.73 Å². The van der Waals surface area contributed by atoms with Crippen molar-refractivity contribution in [3.63, 3.8) is 0 Å². The first-order valence-electron chi connectivity index (χ1n) is 5.35. The van der Waals surface area contributed by atoms with E-state index in [1.54, 1.807) is 0 Å². The molecule has 16 heavy (non-hydrogen) atoms. The quantitative estimate of drug-likeness (QED) is 0.684. The normalized spacial score (nSPS) is 24.1. The highest BCUT2D eigenvalue weighted by Crippen LogP contribution is 2.19. The van der Waals surface area contributed by atoms with Crippen LogP contribution in [0.4, 0.5) is 0 Å². The molecule has 0 amide bonds. The highest BCUT2D eigenvalue weighted by Gasteiger charge is 2.17. The van der Waals surface area contributed by atoms with Crippen molar-refractivity contribution in [3.8, 4) is 0 Å². The highest BCUT2D eigenvalue weighted by atomic mass is 15.4. The number of nitrogens with one attached hydrogen (secondary N) is 1. The summed E-state index contributed by atoms with van der Waals surface area (Å²) in [5, 5.41) is 2.97. The van der Waals surface area contributed by atoms with Gasteiger partial charge in [-0.25, -0.2) is 9.98 Å². The fourth-order valence-corrected chi connectivity index (χ4v) is 1.75. The average molecular weight is 219 g/mol. The van der Waals surface area contributed by atoms with Crippen LogP contribution in [0, 0.1) is 0 Å². The van der Waals surface area contributed by atoms with Crippen LogP contribution in [0.1, 0.15) is 20.3 Å². The smallest absolute Gasteiger partial charge is 0.207 e. The van der Waals surface area contributed by atoms with Gasteiger partial charge in [0.2, 0.25) is 5.96 Å². The third-order valence-corrected chi connectivity index (χ3v) is 2.61. The zero-order valence-electron chi connectivity index (χ0n) is 9.86. The number of nitrogens with zero attached hydrogens (tertiary/aromatic N) is 3. The van der Waals surface area contributed by atoms with Gasteiger partial charge in [-0.05, 0) is 26.3 Å². The zero-order valence-corrected chi connectivity index (χ0v) is 9.86. The summed E-state index contributed by atoms with van der Waals surface area (Å²) in [4.78, 5) is 10.5. The second-order valence-electron chi connectivity index (χ2n) is 4.11. The van der Waals surface area contributed by atoms with Crippen LogP contribution in [0.25, 0.3) is 0 Å². The summed E-state index contributed by atoms with van der Waals surface area (Å²) in [6.45, 7) is 4.03. The second kappa shape index (κ2) is 4.00. The molecule has 1 heterocycles. The van der Waals surface area contributed by atoms with Gasteiger partial charge in [-0.3, -0.25) is 5.32 Å². The monoisotopic (exact) mass is 219 g/mol. The Kier molecular flexibility index (Phi) is 2.68. The molecule has 0 aromatic heterocycles. The van der Waals surface area contributed by atoms with Crippen LogP contribution >= 0.6 is 0 Å². The van der Waals surface area contributed by atoms with Crippen molar-refractivity contribution in [3.05, 3.63) is 23.4 Å². The molecule has 0 saturated carbocycles. The van der Waals surface area contributed by atoms with E-state index in [2.05, 4.69) is 34.4 Å². The van der Waals surface area contributed by atoms with Crippen molar-refractivity contribution in [2.45, 2.75) is 26.4 Å². The predicted octanol–water partition coefficient (Wildman–Crippen LogP) is 0.772. The summed E-state index contributed by atoms with van der Waals surface area (Å²) >= 11 is 0. The first kappa shape index (κ1) is 10.7. The molecule has 5 heteroatoms. The van der Waals surface area contributed by atoms with Crippen LogP contribution in [0.15, 0.2) is 33.4 Å². The standard InChI is InChI=1S/C11H17N5/c1-7-4-5-9(6-7)16(3)11-14-8(2)13-10(12)15-11/h5-6,8H,4H2,1-3H3,(H3,12,13,14,15). The summed E-state index contributed by atoms with van der Waals surface area (Å²) in [6, 6.07) is 0. The molecule has 0 fully saturated rings. The number of likely N-dealkylation sites (N-methyl/N-ethyl adjacent to an activating group) is 1. The van der Waals surface area contributed by atoms with Gasteiger partial charge in [0.25, 0.3) is 0 Å².